The van der Waals surface area contributed by atoms with Crippen molar-refractivity contribution >= 4 is 28.6 Å². The van der Waals surface area contributed by atoms with E-state index >= 15 is 0 Å². The molecule has 4 aliphatic rings. The highest BCUT2D eigenvalue weighted by Crippen LogP contribution is 2.54. The summed E-state index contributed by atoms with van der Waals surface area (Å²) in [6.07, 6.45) is 8.47. The summed E-state index contributed by atoms with van der Waals surface area (Å²) < 4.78 is 11.9. The van der Waals surface area contributed by atoms with Gasteiger partial charge in [0.15, 0.2) is 5.12 Å². The minimum absolute atomic E-state index is 0.0287. The number of carbonyl (C=O) groups is 1. The Labute approximate surface area is 160 Å². The molecule has 0 bridgehead atoms. The molecule has 0 N–H and O–H groups in total. The second kappa shape index (κ2) is 7.03. The van der Waals surface area contributed by atoms with E-state index in [2.05, 4.69) is 20.8 Å². The van der Waals surface area contributed by atoms with Crippen molar-refractivity contribution in [1.82, 2.24) is 0 Å². The van der Waals surface area contributed by atoms with Gasteiger partial charge in [0, 0.05) is 21.7 Å². The van der Waals surface area contributed by atoms with Crippen LogP contribution in [-0.4, -0.2) is 45.3 Å². The highest BCUT2D eigenvalue weighted by molar-refractivity contribution is 8.14. The number of thioether (sulfide) groups is 2. The van der Waals surface area contributed by atoms with Crippen LogP contribution >= 0.6 is 23.5 Å². The summed E-state index contributed by atoms with van der Waals surface area (Å²) in [6.45, 7) is 7.70. The lowest BCUT2D eigenvalue weighted by molar-refractivity contribution is -0.116. The van der Waals surface area contributed by atoms with E-state index in [1.165, 1.54) is 12.2 Å². The SMILES string of the molecule is CC12CCC(C(C)(C)SC(=O)C3CCC(OCC4CS4)CC3)CC1O2. The Morgan fingerprint density at radius 2 is 2.00 bits per heavy atom. The second-order valence-electron chi connectivity index (χ2n) is 9.18. The van der Waals surface area contributed by atoms with E-state index < -0.39 is 0 Å². The predicted octanol–water partition coefficient (Wildman–Crippen LogP) is 4.67. The Hall–Kier alpha value is 0.290. The molecular formula is C20H32O3S2. The zero-order valence-corrected chi connectivity index (χ0v) is 17.4. The van der Waals surface area contributed by atoms with Crippen LogP contribution in [0.2, 0.25) is 0 Å². The quantitative estimate of drug-likeness (QED) is 0.622. The average Bonchev–Trinajstić information content (AvgIpc) is 3.47. The minimum Gasteiger partial charge on any atom is -0.377 e. The van der Waals surface area contributed by atoms with Gasteiger partial charge in [0.2, 0.25) is 0 Å². The average molecular weight is 385 g/mol. The van der Waals surface area contributed by atoms with Gasteiger partial charge in [0.25, 0.3) is 0 Å². The summed E-state index contributed by atoms with van der Waals surface area (Å²) in [5.41, 5.74) is 0.165. The topological polar surface area (TPSA) is 38.8 Å². The van der Waals surface area contributed by atoms with Crippen molar-refractivity contribution in [2.45, 2.75) is 93.5 Å². The van der Waals surface area contributed by atoms with Crippen LogP contribution < -0.4 is 0 Å². The highest BCUT2D eigenvalue weighted by atomic mass is 32.2. The lowest BCUT2D eigenvalue weighted by Crippen LogP contribution is -2.36. The van der Waals surface area contributed by atoms with E-state index in [9.17, 15) is 4.79 Å². The monoisotopic (exact) mass is 384 g/mol. The zero-order valence-electron chi connectivity index (χ0n) is 15.8. The maximum atomic E-state index is 12.9. The molecule has 4 fully saturated rings. The summed E-state index contributed by atoms with van der Waals surface area (Å²) in [5.74, 6) is 2.11. The molecule has 2 heterocycles. The molecule has 3 nitrogen and oxygen atoms in total. The largest absolute Gasteiger partial charge is 0.377 e. The van der Waals surface area contributed by atoms with Crippen molar-refractivity contribution < 1.29 is 14.3 Å². The van der Waals surface area contributed by atoms with Crippen LogP contribution in [0.3, 0.4) is 0 Å². The molecule has 2 aliphatic heterocycles. The maximum absolute atomic E-state index is 12.9. The number of hydrogen-bond acceptors (Lipinski definition) is 5. The fourth-order valence-corrected chi connectivity index (χ4v) is 6.28. The van der Waals surface area contributed by atoms with Gasteiger partial charge in [-0.2, -0.15) is 11.8 Å². The van der Waals surface area contributed by atoms with Crippen molar-refractivity contribution in [3.05, 3.63) is 0 Å². The van der Waals surface area contributed by atoms with Crippen molar-refractivity contribution in [1.29, 1.82) is 0 Å². The van der Waals surface area contributed by atoms with Gasteiger partial charge in [-0.3, -0.25) is 4.79 Å². The molecule has 25 heavy (non-hydrogen) atoms. The van der Waals surface area contributed by atoms with Gasteiger partial charge in [-0.15, -0.1) is 0 Å². The molecule has 0 spiro atoms. The number of hydrogen-bond donors (Lipinski definition) is 0. The van der Waals surface area contributed by atoms with Crippen LogP contribution in [0.1, 0.15) is 65.7 Å². The van der Waals surface area contributed by atoms with Crippen LogP contribution in [0.5, 0.6) is 0 Å². The van der Waals surface area contributed by atoms with Gasteiger partial charge in [0.05, 0.1) is 24.4 Å². The summed E-state index contributed by atoms with van der Waals surface area (Å²) in [6, 6.07) is 0. The molecule has 4 atom stereocenters. The number of carbonyl (C=O) groups excluding carboxylic acids is 1. The third-order valence-corrected chi connectivity index (χ3v) is 9.13. The van der Waals surface area contributed by atoms with Gasteiger partial charge in [0.1, 0.15) is 0 Å². The number of fused-ring (bicyclic) bond motifs is 1. The van der Waals surface area contributed by atoms with Crippen LogP contribution in [0.15, 0.2) is 0 Å². The van der Waals surface area contributed by atoms with Gasteiger partial charge in [-0.05, 0) is 71.6 Å². The van der Waals surface area contributed by atoms with E-state index in [1.54, 1.807) is 11.8 Å². The summed E-state index contributed by atoms with van der Waals surface area (Å²) in [5, 5.41) is 1.18. The van der Waals surface area contributed by atoms with E-state index in [1.807, 2.05) is 11.8 Å². The van der Waals surface area contributed by atoms with Crippen LogP contribution in [0.25, 0.3) is 0 Å². The van der Waals surface area contributed by atoms with Gasteiger partial charge in [-0.25, -0.2) is 0 Å². The van der Waals surface area contributed by atoms with Crippen molar-refractivity contribution in [3.8, 4) is 0 Å². The standard InChI is InChI=1S/C20H32O3S2/c1-19(2,14-8-9-20(3)17(10-14)23-20)25-18(21)13-4-6-15(7-5-13)22-11-16-12-24-16/h13-17H,4-12H2,1-3H3. The molecule has 0 radical (unpaired) electrons. The van der Waals surface area contributed by atoms with Gasteiger partial charge >= 0.3 is 0 Å². The minimum atomic E-state index is 0.0287. The van der Waals surface area contributed by atoms with Crippen molar-refractivity contribution in [2.24, 2.45) is 11.8 Å². The van der Waals surface area contributed by atoms with Gasteiger partial charge < -0.3 is 9.47 Å². The molecule has 2 aliphatic carbocycles. The third kappa shape index (κ3) is 4.41. The molecular weight excluding hydrogens is 352 g/mol. The number of ether oxygens (including phenoxy) is 2. The Morgan fingerprint density at radius 1 is 1.28 bits per heavy atom. The fraction of sp³-hybridized carbons (Fsp3) is 0.950. The first-order chi connectivity index (χ1) is 11.9. The second-order valence-corrected chi connectivity index (χ2v) is 12.2. The zero-order chi connectivity index (χ0) is 17.7. The summed E-state index contributed by atoms with van der Waals surface area (Å²) in [7, 11) is 0. The maximum Gasteiger partial charge on any atom is 0.192 e. The fourth-order valence-electron chi connectivity index (χ4n) is 4.58. The Morgan fingerprint density at radius 3 is 2.64 bits per heavy atom. The smallest absolute Gasteiger partial charge is 0.192 e. The molecule has 0 amide bonds. The number of epoxide rings is 1. The normalized spacial score (nSPS) is 43.4. The third-order valence-electron chi connectivity index (χ3n) is 6.80. The van der Waals surface area contributed by atoms with Gasteiger partial charge in [-0.1, -0.05) is 11.8 Å². The molecule has 142 valence electrons. The van der Waals surface area contributed by atoms with E-state index in [4.69, 9.17) is 9.47 Å². The molecule has 0 aromatic rings. The molecule has 2 saturated carbocycles. The highest BCUT2D eigenvalue weighted by Gasteiger charge is 2.57. The molecule has 4 unspecified atom stereocenters. The first kappa shape index (κ1) is 18.6. The lowest BCUT2D eigenvalue weighted by atomic mass is 9.77. The van der Waals surface area contributed by atoms with Crippen molar-refractivity contribution in [2.75, 3.05) is 12.4 Å². The predicted molar refractivity (Wildman–Crippen MR) is 105 cm³/mol. The van der Waals surface area contributed by atoms with E-state index in [0.29, 0.717) is 23.2 Å². The van der Waals surface area contributed by atoms with Crippen molar-refractivity contribution in [3.63, 3.8) is 0 Å². The molecule has 0 aromatic carbocycles. The van der Waals surface area contributed by atoms with Crippen LogP contribution in [0, 0.1) is 11.8 Å². The van der Waals surface area contributed by atoms with E-state index in [-0.39, 0.29) is 16.3 Å². The Bertz CT molecular complexity index is 511. The summed E-state index contributed by atoms with van der Waals surface area (Å²) in [4.78, 5) is 12.9. The first-order valence-corrected chi connectivity index (χ1v) is 11.9. The molecule has 0 aromatic heterocycles. The number of rotatable bonds is 6. The molecule has 2 saturated heterocycles. The van der Waals surface area contributed by atoms with Crippen LogP contribution in [0.4, 0.5) is 0 Å². The van der Waals surface area contributed by atoms with E-state index in [0.717, 1.165) is 50.4 Å². The molecule has 5 heteroatoms. The Balaban J connectivity index is 1.22. The van der Waals surface area contributed by atoms with Crippen LogP contribution in [-0.2, 0) is 14.3 Å². The summed E-state index contributed by atoms with van der Waals surface area (Å²) >= 11 is 3.62. The lowest BCUT2D eigenvalue weighted by Gasteiger charge is -2.37. The Kier molecular flexibility index (Phi) is 5.24. The first-order valence-electron chi connectivity index (χ1n) is 9.99. The molecule has 4 rings (SSSR count).